The molecule has 0 unspecified atom stereocenters. The number of likely N-dealkylation sites (N-methyl/N-ethyl adjacent to an activating group) is 1. The maximum atomic E-state index is 12.2. The van der Waals surface area contributed by atoms with Crippen molar-refractivity contribution in [1.82, 2.24) is 15.5 Å². The van der Waals surface area contributed by atoms with E-state index in [2.05, 4.69) is 10.6 Å². The SMILES string of the molecule is CN(C)c1ccc([C@@H](CNC(=O)C(=O)NCCc2ccc(Cl)cc2)N(C)C)cc1. The maximum Gasteiger partial charge on any atom is 0.309 e. The third-order valence-electron chi connectivity index (χ3n) is 4.69. The van der Waals surface area contributed by atoms with Crippen molar-refractivity contribution in [3.05, 3.63) is 64.7 Å². The number of halogens is 1. The van der Waals surface area contributed by atoms with Crippen molar-refractivity contribution < 1.29 is 9.59 Å². The number of nitrogens with zero attached hydrogens (tertiary/aromatic N) is 2. The summed E-state index contributed by atoms with van der Waals surface area (Å²) in [5, 5.41) is 6.06. The summed E-state index contributed by atoms with van der Waals surface area (Å²) in [7, 11) is 7.88. The predicted molar refractivity (Wildman–Crippen MR) is 118 cm³/mol. The van der Waals surface area contributed by atoms with Crippen molar-refractivity contribution in [2.45, 2.75) is 12.5 Å². The van der Waals surface area contributed by atoms with Gasteiger partial charge < -0.3 is 20.4 Å². The van der Waals surface area contributed by atoms with Crippen LogP contribution in [0.4, 0.5) is 5.69 Å². The fourth-order valence-corrected chi connectivity index (χ4v) is 3.04. The Morgan fingerprint density at radius 1 is 0.897 bits per heavy atom. The maximum absolute atomic E-state index is 12.2. The molecule has 0 saturated carbocycles. The summed E-state index contributed by atoms with van der Waals surface area (Å²) in [5.41, 5.74) is 3.23. The van der Waals surface area contributed by atoms with E-state index in [1.165, 1.54) is 0 Å². The van der Waals surface area contributed by atoms with E-state index in [9.17, 15) is 9.59 Å². The van der Waals surface area contributed by atoms with Gasteiger partial charge in [0.05, 0.1) is 6.04 Å². The summed E-state index contributed by atoms with van der Waals surface area (Å²) < 4.78 is 0. The van der Waals surface area contributed by atoms with Crippen molar-refractivity contribution in [1.29, 1.82) is 0 Å². The highest BCUT2D eigenvalue weighted by Crippen LogP contribution is 2.20. The van der Waals surface area contributed by atoms with Crippen molar-refractivity contribution in [2.24, 2.45) is 0 Å². The molecule has 156 valence electrons. The van der Waals surface area contributed by atoms with Crippen LogP contribution >= 0.6 is 11.6 Å². The fraction of sp³-hybridized carbons (Fsp3) is 0.364. The van der Waals surface area contributed by atoms with E-state index in [1.807, 2.05) is 74.4 Å². The molecule has 2 amide bonds. The van der Waals surface area contributed by atoms with Crippen LogP contribution in [-0.2, 0) is 16.0 Å². The Bertz CT molecular complexity index is 805. The highest BCUT2D eigenvalue weighted by atomic mass is 35.5. The number of benzene rings is 2. The molecule has 0 aliphatic rings. The van der Waals surface area contributed by atoms with Crippen LogP contribution in [0.5, 0.6) is 0 Å². The molecule has 2 aromatic carbocycles. The molecule has 6 nitrogen and oxygen atoms in total. The molecule has 0 aliphatic heterocycles. The average Bonchev–Trinajstić information content (AvgIpc) is 2.69. The number of carbonyl (C=O) groups is 2. The lowest BCUT2D eigenvalue weighted by Gasteiger charge is -2.25. The zero-order valence-corrected chi connectivity index (χ0v) is 18.2. The van der Waals surface area contributed by atoms with E-state index in [0.29, 0.717) is 24.5 Å². The van der Waals surface area contributed by atoms with Crippen molar-refractivity contribution in [3.63, 3.8) is 0 Å². The lowest BCUT2D eigenvalue weighted by atomic mass is 10.1. The number of rotatable bonds is 8. The first-order valence-corrected chi connectivity index (χ1v) is 9.90. The highest BCUT2D eigenvalue weighted by Gasteiger charge is 2.18. The minimum Gasteiger partial charge on any atom is -0.378 e. The number of hydrogen-bond donors (Lipinski definition) is 2. The number of hydrogen-bond acceptors (Lipinski definition) is 4. The van der Waals surface area contributed by atoms with E-state index in [0.717, 1.165) is 16.8 Å². The van der Waals surface area contributed by atoms with Gasteiger partial charge in [0.2, 0.25) is 0 Å². The summed E-state index contributed by atoms with van der Waals surface area (Å²) >= 11 is 5.86. The number of anilines is 1. The van der Waals surface area contributed by atoms with E-state index in [-0.39, 0.29) is 6.04 Å². The van der Waals surface area contributed by atoms with Gasteiger partial charge in [-0.25, -0.2) is 0 Å². The molecular formula is C22H29ClN4O2. The molecule has 2 rings (SSSR count). The Labute approximate surface area is 177 Å². The summed E-state index contributed by atoms with van der Waals surface area (Å²) in [6.07, 6.45) is 0.634. The quantitative estimate of drug-likeness (QED) is 0.649. The van der Waals surface area contributed by atoms with Crippen molar-refractivity contribution in [3.8, 4) is 0 Å². The minimum atomic E-state index is -0.627. The zero-order valence-electron chi connectivity index (χ0n) is 17.4. The molecule has 0 aliphatic carbocycles. The summed E-state index contributed by atoms with van der Waals surface area (Å²) in [4.78, 5) is 28.3. The van der Waals surface area contributed by atoms with Gasteiger partial charge in [-0.1, -0.05) is 35.9 Å². The van der Waals surface area contributed by atoms with Gasteiger partial charge in [-0.15, -0.1) is 0 Å². The van der Waals surface area contributed by atoms with Gasteiger partial charge in [0.25, 0.3) is 0 Å². The van der Waals surface area contributed by atoms with Crippen LogP contribution in [0.1, 0.15) is 17.2 Å². The first kappa shape index (κ1) is 22.7. The molecular weight excluding hydrogens is 388 g/mol. The molecule has 7 heteroatoms. The Morgan fingerprint density at radius 2 is 1.48 bits per heavy atom. The monoisotopic (exact) mass is 416 g/mol. The summed E-state index contributed by atoms with van der Waals surface area (Å²) in [5.74, 6) is -1.25. The molecule has 29 heavy (non-hydrogen) atoms. The zero-order chi connectivity index (χ0) is 21.4. The third kappa shape index (κ3) is 7.07. The van der Waals surface area contributed by atoms with Gasteiger partial charge in [0.15, 0.2) is 0 Å². The van der Waals surface area contributed by atoms with Crippen LogP contribution in [0.25, 0.3) is 0 Å². The van der Waals surface area contributed by atoms with Crippen LogP contribution in [0.3, 0.4) is 0 Å². The molecule has 0 heterocycles. The van der Waals surface area contributed by atoms with Crippen LogP contribution in [0, 0.1) is 0 Å². The molecule has 0 fully saturated rings. The molecule has 0 spiro atoms. The van der Waals surface area contributed by atoms with E-state index in [1.54, 1.807) is 12.1 Å². The van der Waals surface area contributed by atoms with Gasteiger partial charge in [0, 0.05) is 37.9 Å². The van der Waals surface area contributed by atoms with Gasteiger partial charge in [-0.2, -0.15) is 0 Å². The number of nitrogens with one attached hydrogen (secondary N) is 2. The molecule has 2 N–H and O–H groups in total. The van der Waals surface area contributed by atoms with Crippen molar-refractivity contribution in [2.75, 3.05) is 46.2 Å². The number of amides is 2. The molecule has 2 aromatic rings. The second kappa shape index (κ2) is 10.8. The second-order valence-corrected chi connectivity index (χ2v) is 7.74. The Hall–Kier alpha value is -2.57. The van der Waals surface area contributed by atoms with Gasteiger partial charge in [-0.3, -0.25) is 9.59 Å². The fourth-order valence-electron chi connectivity index (χ4n) is 2.91. The summed E-state index contributed by atoms with van der Waals surface area (Å²) in [6.45, 7) is 0.731. The topological polar surface area (TPSA) is 64.7 Å². The van der Waals surface area contributed by atoms with Gasteiger partial charge >= 0.3 is 11.8 Å². The van der Waals surface area contributed by atoms with Crippen LogP contribution in [-0.4, -0.2) is 58.0 Å². The lowest BCUT2D eigenvalue weighted by molar-refractivity contribution is -0.139. The van der Waals surface area contributed by atoms with Crippen LogP contribution < -0.4 is 15.5 Å². The standard InChI is InChI=1S/C22H29ClN4O2/c1-26(2)19-11-7-17(8-12-19)20(27(3)4)15-25-22(29)21(28)24-14-13-16-5-9-18(23)10-6-16/h5-12,20H,13-15H2,1-4H3,(H,24,28)(H,25,29)/t20-/m1/s1. The Morgan fingerprint density at radius 3 is 2.03 bits per heavy atom. The highest BCUT2D eigenvalue weighted by molar-refractivity contribution is 6.35. The van der Waals surface area contributed by atoms with Crippen LogP contribution in [0.15, 0.2) is 48.5 Å². The van der Waals surface area contributed by atoms with Gasteiger partial charge in [-0.05, 0) is 55.9 Å². The summed E-state index contributed by atoms with van der Waals surface area (Å²) in [6, 6.07) is 15.5. The van der Waals surface area contributed by atoms with Crippen molar-refractivity contribution >= 4 is 29.1 Å². The first-order chi connectivity index (χ1) is 13.8. The van der Waals surface area contributed by atoms with E-state index >= 15 is 0 Å². The lowest BCUT2D eigenvalue weighted by Crippen LogP contribution is -2.43. The molecule has 1 atom stereocenters. The van der Waals surface area contributed by atoms with E-state index < -0.39 is 11.8 Å². The minimum absolute atomic E-state index is 0.0305. The third-order valence-corrected chi connectivity index (χ3v) is 4.94. The normalized spacial score (nSPS) is 11.8. The molecule has 0 saturated heterocycles. The Balaban J connectivity index is 1.84. The molecule has 0 aromatic heterocycles. The Kier molecular flexibility index (Phi) is 8.49. The molecule has 0 bridgehead atoms. The van der Waals surface area contributed by atoms with Gasteiger partial charge in [0.1, 0.15) is 0 Å². The molecule has 0 radical (unpaired) electrons. The predicted octanol–water partition coefficient (Wildman–Crippen LogP) is 2.48. The van der Waals surface area contributed by atoms with Crippen LogP contribution in [0.2, 0.25) is 5.02 Å². The average molecular weight is 417 g/mol. The largest absolute Gasteiger partial charge is 0.378 e. The van der Waals surface area contributed by atoms with E-state index in [4.69, 9.17) is 11.6 Å². The first-order valence-electron chi connectivity index (χ1n) is 9.52. The number of carbonyl (C=O) groups excluding carboxylic acids is 2. The smallest absolute Gasteiger partial charge is 0.309 e. The second-order valence-electron chi connectivity index (χ2n) is 7.31.